The molecule has 1 aliphatic heterocycles. The SMILES string of the molecule is CC(C)c1cc(N2CCN(C)CC2)c(C#N)c(N)c1C#N. The van der Waals surface area contributed by atoms with Crippen LogP contribution in [-0.4, -0.2) is 38.1 Å². The highest BCUT2D eigenvalue weighted by atomic mass is 15.2. The Kier molecular flexibility index (Phi) is 4.35. The van der Waals surface area contributed by atoms with Gasteiger partial charge in [-0.3, -0.25) is 0 Å². The minimum Gasteiger partial charge on any atom is -0.397 e. The van der Waals surface area contributed by atoms with Crippen molar-refractivity contribution < 1.29 is 0 Å². The number of hydrogen-bond acceptors (Lipinski definition) is 5. The molecule has 21 heavy (non-hydrogen) atoms. The average Bonchev–Trinajstić information content (AvgIpc) is 2.47. The lowest BCUT2D eigenvalue weighted by atomic mass is 9.92. The second-order valence-corrected chi connectivity index (χ2v) is 5.82. The number of benzene rings is 1. The molecule has 0 aromatic heterocycles. The van der Waals surface area contributed by atoms with Crippen LogP contribution in [0.5, 0.6) is 0 Å². The second kappa shape index (κ2) is 6.03. The van der Waals surface area contributed by atoms with Crippen LogP contribution in [0.3, 0.4) is 0 Å². The fraction of sp³-hybridized carbons (Fsp3) is 0.500. The fourth-order valence-corrected chi connectivity index (χ4v) is 2.70. The van der Waals surface area contributed by atoms with Gasteiger partial charge in [0.1, 0.15) is 12.1 Å². The first kappa shape index (κ1) is 15.2. The lowest BCUT2D eigenvalue weighted by Gasteiger charge is -2.35. The standard InChI is InChI=1S/C16H21N5/c1-11(2)12-8-15(21-6-4-20(3)5-7-21)14(10-18)16(19)13(12)9-17/h8,11H,4-7,19H2,1-3H3. The quantitative estimate of drug-likeness (QED) is 0.838. The first-order chi connectivity index (χ1) is 9.99. The van der Waals surface area contributed by atoms with Crippen LogP contribution in [0.2, 0.25) is 0 Å². The Morgan fingerprint density at radius 2 is 1.67 bits per heavy atom. The maximum atomic E-state index is 9.45. The fourth-order valence-electron chi connectivity index (χ4n) is 2.70. The van der Waals surface area contributed by atoms with Gasteiger partial charge in [0.15, 0.2) is 0 Å². The van der Waals surface area contributed by atoms with Gasteiger partial charge in [0, 0.05) is 26.2 Å². The Hall–Kier alpha value is -2.24. The first-order valence-electron chi connectivity index (χ1n) is 7.19. The predicted octanol–water partition coefficient (Wildman–Crippen LogP) is 1.89. The minimum absolute atomic E-state index is 0.195. The number of hydrogen-bond donors (Lipinski definition) is 1. The summed E-state index contributed by atoms with van der Waals surface area (Å²) < 4.78 is 0. The molecular formula is C16H21N5. The van der Waals surface area contributed by atoms with Gasteiger partial charge >= 0.3 is 0 Å². The van der Waals surface area contributed by atoms with Crippen LogP contribution in [-0.2, 0) is 0 Å². The molecular weight excluding hydrogens is 262 g/mol. The van der Waals surface area contributed by atoms with Gasteiger partial charge < -0.3 is 15.5 Å². The molecule has 1 saturated heterocycles. The van der Waals surface area contributed by atoms with Crippen LogP contribution in [0.1, 0.15) is 36.5 Å². The minimum atomic E-state index is 0.195. The predicted molar refractivity (Wildman–Crippen MR) is 84.1 cm³/mol. The maximum Gasteiger partial charge on any atom is 0.104 e. The Morgan fingerprint density at radius 3 is 2.14 bits per heavy atom. The molecule has 0 amide bonds. The molecule has 0 radical (unpaired) electrons. The van der Waals surface area contributed by atoms with Crippen LogP contribution in [0.15, 0.2) is 6.07 Å². The number of piperazine rings is 1. The summed E-state index contributed by atoms with van der Waals surface area (Å²) in [5.41, 5.74) is 9.08. The van der Waals surface area contributed by atoms with E-state index in [0.29, 0.717) is 16.8 Å². The second-order valence-electron chi connectivity index (χ2n) is 5.82. The summed E-state index contributed by atoms with van der Waals surface area (Å²) in [7, 11) is 2.09. The van der Waals surface area contributed by atoms with E-state index in [2.05, 4.69) is 29.0 Å². The van der Waals surface area contributed by atoms with Crippen molar-refractivity contribution in [3.63, 3.8) is 0 Å². The molecule has 0 aliphatic carbocycles. The van der Waals surface area contributed by atoms with Crippen molar-refractivity contribution in [1.82, 2.24) is 4.90 Å². The highest BCUT2D eigenvalue weighted by Crippen LogP contribution is 2.34. The van der Waals surface area contributed by atoms with Crippen molar-refractivity contribution in [3.8, 4) is 12.1 Å². The number of anilines is 2. The van der Waals surface area contributed by atoms with E-state index in [1.165, 1.54) is 0 Å². The molecule has 0 unspecified atom stereocenters. The summed E-state index contributed by atoms with van der Waals surface area (Å²) >= 11 is 0. The Morgan fingerprint density at radius 1 is 1.10 bits per heavy atom. The van der Waals surface area contributed by atoms with E-state index in [1.807, 2.05) is 19.9 Å². The molecule has 2 N–H and O–H groups in total. The van der Waals surface area contributed by atoms with E-state index in [-0.39, 0.29) is 5.92 Å². The van der Waals surface area contributed by atoms with Crippen molar-refractivity contribution in [1.29, 1.82) is 10.5 Å². The van der Waals surface area contributed by atoms with Gasteiger partial charge in [0.05, 0.1) is 22.5 Å². The van der Waals surface area contributed by atoms with Crippen molar-refractivity contribution in [2.75, 3.05) is 43.9 Å². The van der Waals surface area contributed by atoms with Crippen molar-refractivity contribution >= 4 is 11.4 Å². The molecule has 0 bridgehead atoms. The van der Waals surface area contributed by atoms with Gasteiger partial charge in [0.25, 0.3) is 0 Å². The number of nitrogen functional groups attached to an aromatic ring is 1. The summed E-state index contributed by atoms with van der Waals surface area (Å²) in [5, 5.41) is 18.8. The zero-order chi connectivity index (χ0) is 15.6. The van der Waals surface area contributed by atoms with E-state index in [1.54, 1.807) is 0 Å². The molecule has 0 spiro atoms. The van der Waals surface area contributed by atoms with Gasteiger partial charge in [-0.05, 0) is 24.6 Å². The lowest BCUT2D eigenvalue weighted by molar-refractivity contribution is 0.313. The Balaban J connectivity index is 2.55. The van der Waals surface area contributed by atoms with Crippen LogP contribution in [0.25, 0.3) is 0 Å². The molecule has 1 aliphatic rings. The summed E-state index contributed by atoms with van der Waals surface area (Å²) in [5.74, 6) is 0.195. The Bertz CT molecular complexity index is 613. The molecule has 1 fully saturated rings. The Labute approximate surface area is 126 Å². The zero-order valence-electron chi connectivity index (χ0n) is 12.8. The molecule has 1 aromatic carbocycles. The highest BCUT2D eigenvalue weighted by Gasteiger charge is 2.23. The van der Waals surface area contributed by atoms with Crippen LogP contribution in [0.4, 0.5) is 11.4 Å². The first-order valence-corrected chi connectivity index (χ1v) is 7.19. The van der Waals surface area contributed by atoms with Crippen LogP contribution >= 0.6 is 0 Å². The summed E-state index contributed by atoms with van der Waals surface area (Å²) in [4.78, 5) is 4.46. The monoisotopic (exact) mass is 283 g/mol. The molecule has 0 saturated carbocycles. The van der Waals surface area contributed by atoms with Gasteiger partial charge in [-0.25, -0.2) is 0 Å². The largest absolute Gasteiger partial charge is 0.397 e. The van der Waals surface area contributed by atoms with Gasteiger partial charge in [-0.1, -0.05) is 13.8 Å². The maximum absolute atomic E-state index is 9.45. The third kappa shape index (κ3) is 2.79. The van der Waals surface area contributed by atoms with E-state index < -0.39 is 0 Å². The van der Waals surface area contributed by atoms with Crippen LogP contribution in [0, 0.1) is 22.7 Å². The van der Waals surface area contributed by atoms with Crippen molar-refractivity contribution in [2.24, 2.45) is 0 Å². The third-order valence-electron chi connectivity index (χ3n) is 4.07. The lowest BCUT2D eigenvalue weighted by Crippen LogP contribution is -2.44. The van der Waals surface area contributed by atoms with Gasteiger partial charge in [-0.15, -0.1) is 0 Å². The average molecular weight is 283 g/mol. The molecule has 1 heterocycles. The van der Waals surface area contributed by atoms with Crippen molar-refractivity contribution in [3.05, 3.63) is 22.8 Å². The smallest absolute Gasteiger partial charge is 0.104 e. The van der Waals surface area contributed by atoms with E-state index in [4.69, 9.17) is 5.73 Å². The van der Waals surface area contributed by atoms with Gasteiger partial charge in [0.2, 0.25) is 0 Å². The number of rotatable bonds is 2. The van der Waals surface area contributed by atoms with Crippen LogP contribution < -0.4 is 10.6 Å². The highest BCUT2D eigenvalue weighted by molar-refractivity contribution is 5.78. The molecule has 2 rings (SSSR count). The topological polar surface area (TPSA) is 80.1 Å². The van der Waals surface area contributed by atoms with E-state index in [0.717, 1.165) is 37.4 Å². The number of nitrogens with two attached hydrogens (primary N) is 1. The summed E-state index contributed by atoms with van der Waals surface area (Å²) in [6.45, 7) is 7.73. The number of nitrogens with zero attached hydrogens (tertiary/aromatic N) is 4. The molecule has 5 nitrogen and oxygen atoms in total. The summed E-state index contributed by atoms with van der Waals surface area (Å²) in [6, 6.07) is 6.31. The van der Waals surface area contributed by atoms with E-state index in [9.17, 15) is 10.5 Å². The normalized spacial score (nSPS) is 15.8. The number of nitriles is 2. The molecule has 5 heteroatoms. The molecule has 1 aromatic rings. The zero-order valence-corrected chi connectivity index (χ0v) is 12.8. The van der Waals surface area contributed by atoms with Crippen molar-refractivity contribution in [2.45, 2.75) is 19.8 Å². The third-order valence-corrected chi connectivity index (χ3v) is 4.07. The molecule has 110 valence electrons. The van der Waals surface area contributed by atoms with E-state index >= 15 is 0 Å². The number of likely N-dealkylation sites (N-methyl/N-ethyl adjacent to an activating group) is 1. The molecule has 0 atom stereocenters. The van der Waals surface area contributed by atoms with Gasteiger partial charge in [-0.2, -0.15) is 10.5 Å². The summed E-state index contributed by atoms with van der Waals surface area (Å²) in [6.07, 6.45) is 0.